The summed E-state index contributed by atoms with van der Waals surface area (Å²) in [4.78, 5) is 24.3. The lowest BCUT2D eigenvalue weighted by Gasteiger charge is -2.30. The Morgan fingerprint density at radius 3 is 2.56 bits per heavy atom. The van der Waals surface area contributed by atoms with E-state index in [0.29, 0.717) is 11.5 Å². The van der Waals surface area contributed by atoms with Gasteiger partial charge in [-0.25, -0.2) is 4.79 Å². The predicted octanol–water partition coefficient (Wildman–Crippen LogP) is 2.08. The third-order valence-corrected chi connectivity index (χ3v) is 3.40. The van der Waals surface area contributed by atoms with Gasteiger partial charge in [-0.05, 0) is 32.2 Å². The molecule has 1 rings (SSSR count). The first-order valence-corrected chi connectivity index (χ1v) is 6.79. The molecule has 5 nitrogen and oxygen atoms in total. The second kappa shape index (κ2) is 5.48. The van der Waals surface area contributed by atoms with Crippen LogP contribution in [0.1, 0.15) is 30.2 Å². The third kappa shape index (κ3) is 2.87. The van der Waals surface area contributed by atoms with Crippen molar-refractivity contribution in [2.45, 2.75) is 25.1 Å². The van der Waals surface area contributed by atoms with Crippen molar-refractivity contribution in [2.24, 2.45) is 0 Å². The summed E-state index contributed by atoms with van der Waals surface area (Å²) in [7, 11) is 1.45. The standard InChI is InChI=1S/C12H17NO4S/c1-12(2,11(15)16)13(3)10(14)9-6-5-8(17-9)7-18-4/h5-6H,7H2,1-4H3,(H,15,16). The Bertz CT molecular complexity index is 453. The number of likely N-dealkylation sites (N-methyl/N-ethyl adjacent to an activating group) is 1. The van der Waals surface area contributed by atoms with Gasteiger partial charge in [0, 0.05) is 7.05 Å². The summed E-state index contributed by atoms with van der Waals surface area (Å²) >= 11 is 1.59. The normalized spacial score (nSPS) is 11.3. The molecule has 0 saturated heterocycles. The number of rotatable bonds is 5. The van der Waals surface area contributed by atoms with E-state index in [1.54, 1.807) is 23.9 Å². The smallest absolute Gasteiger partial charge is 0.329 e. The van der Waals surface area contributed by atoms with Crippen molar-refractivity contribution in [3.05, 3.63) is 23.7 Å². The second-order valence-corrected chi connectivity index (χ2v) is 5.29. The van der Waals surface area contributed by atoms with Crippen LogP contribution < -0.4 is 0 Å². The van der Waals surface area contributed by atoms with Gasteiger partial charge in [-0.15, -0.1) is 0 Å². The van der Waals surface area contributed by atoms with Crippen LogP contribution in [0.5, 0.6) is 0 Å². The number of amides is 1. The van der Waals surface area contributed by atoms with Crippen LogP contribution in [0.25, 0.3) is 0 Å². The molecular weight excluding hydrogens is 254 g/mol. The van der Waals surface area contributed by atoms with E-state index < -0.39 is 17.4 Å². The Balaban J connectivity index is 2.89. The van der Waals surface area contributed by atoms with Gasteiger partial charge in [-0.3, -0.25) is 4.79 Å². The summed E-state index contributed by atoms with van der Waals surface area (Å²) in [5, 5.41) is 9.07. The van der Waals surface area contributed by atoms with E-state index in [1.807, 2.05) is 6.26 Å². The van der Waals surface area contributed by atoms with Crippen molar-refractivity contribution in [1.82, 2.24) is 4.90 Å². The number of nitrogens with zero attached hydrogens (tertiary/aromatic N) is 1. The van der Waals surface area contributed by atoms with Gasteiger partial charge in [0.15, 0.2) is 5.76 Å². The molecule has 1 aromatic rings. The molecule has 0 aromatic carbocycles. The number of carboxylic acid groups (broad SMARTS) is 1. The average Bonchev–Trinajstić information content (AvgIpc) is 2.76. The summed E-state index contributed by atoms with van der Waals surface area (Å²) in [6.07, 6.45) is 1.93. The fraction of sp³-hybridized carbons (Fsp3) is 0.500. The highest BCUT2D eigenvalue weighted by atomic mass is 32.2. The molecule has 18 heavy (non-hydrogen) atoms. The predicted molar refractivity (Wildman–Crippen MR) is 69.7 cm³/mol. The van der Waals surface area contributed by atoms with Gasteiger partial charge in [0.1, 0.15) is 11.3 Å². The number of aliphatic carboxylic acids is 1. The molecule has 0 radical (unpaired) electrons. The molecule has 0 saturated carbocycles. The Kier molecular flexibility index (Phi) is 4.45. The molecule has 1 aromatic heterocycles. The van der Waals surface area contributed by atoms with Crippen LogP contribution in [0.15, 0.2) is 16.5 Å². The van der Waals surface area contributed by atoms with Crippen LogP contribution in [-0.4, -0.2) is 40.7 Å². The van der Waals surface area contributed by atoms with Gasteiger partial charge in [0.05, 0.1) is 5.75 Å². The lowest BCUT2D eigenvalue weighted by atomic mass is 10.0. The molecule has 0 spiro atoms. The van der Waals surface area contributed by atoms with Gasteiger partial charge in [-0.1, -0.05) is 0 Å². The van der Waals surface area contributed by atoms with Crippen molar-refractivity contribution in [1.29, 1.82) is 0 Å². The molecule has 0 bridgehead atoms. The highest BCUT2D eigenvalue weighted by Gasteiger charge is 2.36. The maximum absolute atomic E-state index is 12.1. The highest BCUT2D eigenvalue weighted by Crippen LogP contribution is 2.19. The van der Waals surface area contributed by atoms with Gasteiger partial charge in [0.25, 0.3) is 5.91 Å². The Hall–Kier alpha value is -1.43. The quantitative estimate of drug-likeness (QED) is 0.887. The average molecular weight is 271 g/mol. The number of hydrogen-bond acceptors (Lipinski definition) is 4. The largest absolute Gasteiger partial charge is 0.480 e. The molecule has 0 aliphatic carbocycles. The Morgan fingerprint density at radius 2 is 2.06 bits per heavy atom. The molecule has 0 fully saturated rings. The minimum Gasteiger partial charge on any atom is -0.480 e. The van der Waals surface area contributed by atoms with Crippen molar-refractivity contribution >= 4 is 23.6 Å². The maximum atomic E-state index is 12.1. The van der Waals surface area contributed by atoms with Crippen LogP contribution in [0, 0.1) is 0 Å². The third-order valence-electron chi connectivity index (χ3n) is 2.83. The van der Waals surface area contributed by atoms with Gasteiger partial charge >= 0.3 is 5.97 Å². The molecule has 100 valence electrons. The lowest BCUT2D eigenvalue weighted by molar-refractivity contribution is -0.147. The number of carboxylic acids is 1. The molecule has 1 heterocycles. The summed E-state index contributed by atoms with van der Waals surface area (Å²) in [5.74, 6) is 0.0477. The van der Waals surface area contributed by atoms with Crippen LogP contribution >= 0.6 is 11.8 Å². The minimum atomic E-state index is -1.27. The fourth-order valence-corrected chi connectivity index (χ4v) is 1.71. The first-order valence-electron chi connectivity index (χ1n) is 5.40. The number of hydrogen-bond donors (Lipinski definition) is 1. The summed E-state index contributed by atoms with van der Waals surface area (Å²) < 4.78 is 5.38. The molecule has 6 heteroatoms. The molecule has 1 amide bonds. The van der Waals surface area contributed by atoms with E-state index in [9.17, 15) is 9.59 Å². The lowest BCUT2D eigenvalue weighted by Crippen LogP contribution is -2.50. The van der Waals surface area contributed by atoms with E-state index in [4.69, 9.17) is 9.52 Å². The molecule has 0 aliphatic heterocycles. The van der Waals surface area contributed by atoms with Crippen LogP contribution in [0.2, 0.25) is 0 Å². The van der Waals surface area contributed by atoms with E-state index >= 15 is 0 Å². The molecule has 0 unspecified atom stereocenters. The van der Waals surface area contributed by atoms with Gasteiger partial charge < -0.3 is 14.4 Å². The zero-order valence-corrected chi connectivity index (χ0v) is 11.7. The van der Waals surface area contributed by atoms with Gasteiger partial charge in [-0.2, -0.15) is 11.8 Å². The number of carbonyl (C=O) groups is 2. The van der Waals surface area contributed by atoms with Crippen LogP contribution in [-0.2, 0) is 10.5 Å². The second-order valence-electron chi connectivity index (χ2n) is 4.43. The zero-order chi connectivity index (χ0) is 13.9. The fourth-order valence-electron chi connectivity index (χ4n) is 1.28. The van der Waals surface area contributed by atoms with Crippen molar-refractivity contribution in [2.75, 3.05) is 13.3 Å². The van der Waals surface area contributed by atoms with Gasteiger partial charge in [0.2, 0.25) is 0 Å². The first kappa shape index (κ1) is 14.6. The van der Waals surface area contributed by atoms with Crippen molar-refractivity contribution in [3.63, 3.8) is 0 Å². The van der Waals surface area contributed by atoms with E-state index in [1.165, 1.54) is 20.9 Å². The molecule has 0 aliphatic rings. The zero-order valence-electron chi connectivity index (χ0n) is 10.9. The number of thioether (sulfide) groups is 1. The molecular formula is C12H17NO4S. The number of carbonyl (C=O) groups excluding carboxylic acids is 1. The van der Waals surface area contributed by atoms with E-state index in [2.05, 4.69) is 0 Å². The minimum absolute atomic E-state index is 0.163. The van der Waals surface area contributed by atoms with Crippen molar-refractivity contribution < 1.29 is 19.1 Å². The Labute approximate surface area is 110 Å². The Morgan fingerprint density at radius 1 is 1.44 bits per heavy atom. The van der Waals surface area contributed by atoms with Crippen LogP contribution in [0.3, 0.4) is 0 Å². The SMILES string of the molecule is CSCc1ccc(C(=O)N(C)C(C)(C)C(=O)O)o1. The summed E-state index contributed by atoms with van der Waals surface area (Å²) in [6, 6.07) is 3.30. The maximum Gasteiger partial charge on any atom is 0.329 e. The van der Waals surface area contributed by atoms with Crippen LogP contribution in [0.4, 0.5) is 0 Å². The van der Waals surface area contributed by atoms with Crippen molar-refractivity contribution in [3.8, 4) is 0 Å². The topological polar surface area (TPSA) is 70.8 Å². The number of furan rings is 1. The molecule has 0 atom stereocenters. The monoisotopic (exact) mass is 271 g/mol. The first-order chi connectivity index (χ1) is 8.30. The highest BCUT2D eigenvalue weighted by molar-refractivity contribution is 7.97. The van der Waals surface area contributed by atoms with E-state index in [0.717, 1.165) is 4.90 Å². The summed E-state index contributed by atoms with van der Waals surface area (Å²) in [5.41, 5.74) is -1.27. The summed E-state index contributed by atoms with van der Waals surface area (Å²) in [6.45, 7) is 2.94. The molecule has 1 N–H and O–H groups in total. The van der Waals surface area contributed by atoms with E-state index in [-0.39, 0.29) is 5.76 Å².